The molecular weight excluding hydrogens is 435 g/mol. The molecule has 0 saturated carbocycles. The van der Waals surface area contributed by atoms with Crippen molar-refractivity contribution in [1.82, 2.24) is 0 Å². The molecule has 3 aromatic carbocycles. The monoisotopic (exact) mass is 450 g/mol. The predicted molar refractivity (Wildman–Crippen MR) is 115 cm³/mol. The van der Waals surface area contributed by atoms with E-state index in [0.717, 1.165) is 0 Å². The van der Waals surface area contributed by atoms with Crippen molar-refractivity contribution < 1.29 is 17.9 Å². The van der Waals surface area contributed by atoms with E-state index >= 15 is 0 Å². The van der Waals surface area contributed by atoms with Crippen molar-refractivity contribution in [3.05, 3.63) is 82.3 Å². The molecule has 0 bridgehead atoms. The standard InChI is InChI=1S/C20H16Cl2N2O4S/c1-28-18-10-9-15(23-20(25)13-5-4-6-14(21)11-13)12-19(18)29(26,27)24-17-8-3-2-7-16(17)22/h2-12,24H,1H3,(H,23,25). The van der Waals surface area contributed by atoms with Gasteiger partial charge >= 0.3 is 0 Å². The highest BCUT2D eigenvalue weighted by molar-refractivity contribution is 7.92. The van der Waals surface area contributed by atoms with Crippen LogP contribution >= 0.6 is 23.2 Å². The number of hydrogen-bond acceptors (Lipinski definition) is 4. The zero-order valence-electron chi connectivity index (χ0n) is 15.1. The highest BCUT2D eigenvalue weighted by Gasteiger charge is 2.22. The van der Waals surface area contributed by atoms with Gasteiger partial charge in [0.15, 0.2) is 0 Å². The van der Waals surface area contributed by atoms with Crippen molar-refractivity contribution in [2.45, 2.75) is 4.90 Å². The summed E-state index contributed by atoms with van der Waals surface area (Å²) in [6.07, 6.45) is 0. The number of hydrogen-bond donors (Lipinski definition) is 2. The van der Waals surface area contributed by atoms with Gasteiger partial charge < -0.3 is 10.1 Å². The summed E-state index contributed by atoms with van der Waals surface area (Å²) >= 11 is 12.0. The zero-order valence-corrected chi connectivity index (χ0v) is 17.5. The second-order valence-corrected chi connectivity index (χ2v) is 8.41. The topological polar surface area (TPSA) is 84.5 Å². The number of para-hydroxylation sites is 1. The molecule has 0 unspecified atom stereocenters. The van der Waals surface area contributed by atoms with Gasteiger partial charge in [-0.3, -0.25) is 9.52 Å². The molecule has 29 heavy (non-hydrogen) atoms. The van der Waals surface area contributed by atoms with E-state index in [1.165, 1.54) is 37.4 Å². The molecule has 1 amide bonds. The van der Waals surface area contributed by atoms with Crippen molar-refractivity contribution in [2.75, 3.05) is 17.1 Å². The maximum Gasteiger partial charge on any atom is 0.265 e. The van der Waals surface area contributed by atoms with E-state index in [0.29, 0.717) is 10.6 Å². The number of nitrogens with one attached hydrogen (secondary N) is 2. The van der Waals surface area contributed by atoms with Gasteiger partial charge in [0.05, 0.1) is 17.8 Å². The summed E-state index contributed by atoms with van der Waals surface area (Å²) in [5.74, 6) is -0.314. The number of benzene rings is 3. The molecule has 0 aliphatic carbocycles. The molecule has 3 rings (SSSR count). The predicted octanol–water partition coefficient (Wildman–Crippen LogP) is 5.06. The minimum absolute atomic E-state index is 0.116. The van der Waals surface area contributed by atoms with Gasteiger partial charge in [-0.2, -0.15) is 0 Å². The molecule has 3 aromatic rings. The first-order chi connectivity index (χ1) is 13.8. The minimum atomic E-state index is -4.04. The van der Waals surface area contributed by atoms with Crippen LogP contribution in [0.3, 0.4) is 0 Å². The molecule has 0 aliphatic heterocycles. The van der Waals surface area contributed by atoms with Crippen LogP contribution in [-0.4, -0.2) is 21.4 Å². The van der Waals surface area contributed by atoms with Crippen LogP contribution in [0, 0.1) is 0 Å². The Bertz CT molecular complexity index is 1170. The van der Waals surface area contributed by atoms with Crippen molar-refractivity contribution in [3.8, 4) is 5.75 Å². The lowest BCUT2D eigenvalue weighted by atomic mass is 10.2. The molecule has 9 heteroatoms. The van der Waals surface area contributed by atoms with E-state index in [9.17, 15) is 13.2 Å². The first-order valence-electron chi connectivity index (χ1n) is 8.32. The summed E-state index contributed by atoms with van der Waals surface area (Å²) in [6.45, 7) is 0. The first-order valence-corrected chi connectivity index (χ1v) is 10.6. The number of halogens is 2. The zero-order chi connectivity index (χ0) is 21.0. The number of amides is 1. The average Bonchev–Trinajstić information content (AvgIpc) is 2.69. The Morgan fingerprint density at radius 1 is 0.966 bits per heavy atom. The third-order valence-corrected chi connectivity index (χ3v) is 5.87. The van der Waals surface area contributed by atoms with E-state index in [4.69, 9.17) is 27.9 Å². The van der Waals surface area contributed by atoms with Crippen LogP contribution in [0.25, 0.3) is 0 Å². The van der Waals surface area contributed by atoms with Gasteiger partial charge in [0, 0.05) is 16.3 Å². The number of rotatable bonds is 6. The lowest BCUT2D eigenvalue weighted by molar-refractivity contribution is 0.102. The number of ether oxygens (including phenoxy) is 1. The Morgan fingerprint density at radius 2 is 1.72 bits per heavy atom. The van der Waals surface area contributed by atoms with E-state index in [1.807, 2.05) is 0 Å². The van der Waals surface area contributed by atoms with Crippen LogP contribution in [0.4, 0.5) is 11.4 Å². The Morgan fingerprint density at radius 3 is 2.41 bits per heavy atom. The van der Waals surface area contributed by atoms with Crippen LogP contribution in [0.2, 0.25) is 10.0 Å². The summed E-state index contributed by atoms with van der Waals surface area (Å²) in [6, 6.07) is 17.2. The van der Waals surface area contributed by atoms with E-state index in [1.54, 1.807) is 36.4 Å². The molecule has 0 fully saturated rings. The van der Waals surface area contributed by atoms with Crippen LogP contribution in [0.5, 0.6) is 5.75 Å². The second-order valence-electron chi connectivity index (χ2n) is 5.92. The van der Waals surface area contributed by atoms with Gasteiger partial charge in [0.1, 0.15) is 10.6 Å². The largest absolute Gasteiger partial charge is 0.495 e. The van der Waals surface area contributed by atoms with Gasteiger partial charge in [-0.1, -0.05) is 41.4 Å². The molecule has 0 radical (unpaired) electrons. The number of carbonyl (C=O) groups is 1. The van der Waals surface area contributed by atoms with E-state index < -0.39 is 15.9 Å². The van der Waals surface area contributed by atoms with Gasteiger partial charge in [-0.15, -0.1) is 0 Å². The van der Waals surface area contributed by atoms with Crippen molar-refractivity contribution in [2.24, 2.45) is 0 Å². The third-order valence-electron chi connectivity index (χ3n) is 3.92. The number of anilines is 2. The van der Waals surface area contributed by atoms with Gasteiger partial charge in [0.25, 0.3) is 15.9 Å². The van der Waals surface area contributed by atoms with Gasteiger partial charge in [0.2, 0.25) is 0 Å². The third kappa shape index (κ3) is 5.00. The fraction of sp³-hybridized carbons (Fsp3) is 0.0500. The Balaban J connectivity index is 1.92. The summed E-state index contributed by atoms with van der Waals surface area (Å²) < 4.78 is 33.4. The van der Waals surface area contributed by atoms with Crippen LogP contribution in [0.1, 0.15) is 10.4 Å². The molecule has 150 valence electrons. The summed E-state index contributed by atoms with van der Waals surface area (Å²) in [7, 11) is -2.68. The van der Waals surface area contributed by atoms with Gasteiger partial charge in [-0.25, -0.2) is 8.42 Å². The Hall–Kier alpha value is -2.74. The Labute approximate surface area is 178 Å². The average molecular weight is 451 g/mol. The first kappa shape index (κ1) is 21.0. The smallest absolute Gasteiger partial charge is 0.265 e. The van der Waals surface area contributed by atoms with Gasteiger partial charge in [-0.05, 0) is 48.5 Å². The lowest BCUT2D eigenvalue weighted by Gasteiger charge is -2.14. The number of methoxy groups -OCH3 is 1. The second kappa shape index (κ2) is 8.73. The molecule has 0 heterocycles. The number of sulfonamides is 1. The Kier molecular flexibility index (Phi) is 6.32. The quantitative estimate of drug-likeness (QED) is 0.549. The van der Waals surface area contributed by atoms with Crippen molar-refractivity contribution in [3.63, 3.8) is 0 Å². The lowest BCUT2D eigenvalue weighted by Crippen LogP contribution is -2.16. The minimum Gasteiger partial charge on any atom is -0.495 e. The fourth-order valence-electron chi connectivity index (χ4n) is 2.54. The van der Waals surface area contributed by atoms with Crippen molar-refractivity contribution >= 4 is 50.5 Å². The number of carbonyl (C=O) groups excluding carboxylic acids is 1. The highest BCUT2D eigenvalue weighted by Crippen LogP contribution is 2.31. The molecule has 0 saturated heterocycles. The van der Waals surface area contributed by atoms with E-state index in [2.05, 4.69) is 10.0 Å². The van der Waals surface area contributed by atoms with Crippen LogP contribution in [-0.2, 0) is 10.0 Å². The SMILES string of the molecule is COc1ccc(NC(=O)c2cccc(Cl)c2)cc1S(=O)(=O)Nc1ccccc1Cl. The fourth-order valence-corrected chi connectivity index (χ4v) is 4.25. The van der Waals surface area contributed by atoms with E-state index in [-0.39, 0.29) is 27.0 Å². The molecule has 0 spiro atoms. The maximum absolute atomic E-state index is 12.9. The summed E-state index contributed by atoms with van der Waals surface area (Å²) in [5.41, 5.74) is 0.840. The summed E-state index contributed by atoms with van der Waals surface area (Å²) in [4.78, 5) is 12.3. The molecule has 0 aromatic heterocycles. The highest BCUT2D eigenvalue weighted by atomic mass is 35.5. The summed E-state index contributed by atoms with van der Waals surface area (Å²) in [5, 5.41) is 3.32. The maximum atomic E-state index is 12.9. The molecule has 6 nitrogen and oxygen atoms in total. The molecule has 0 aliphatic rings. The van der Waals surface area contributed by atoms with Crippen LogP contribution < -0.4 is 14.8 Å². The molecular formula is C20H16Cl2N2O4S. The molecule has 0 atom stereocenters. The normalized spacial score (nSPS) is 11.0. The molecule has 2 N–H and O–H groups in total. The van der Waals surface area contributed by atoms with Crippen molar-refractivity contribution in [1.29, 1.82) is 0 Å². The van der Waals surface area contributed by atoms with Crippen LogP contribution in [0.15, 0.2) is 71.6 Å².